The van der Waals surface area contributed by atoms with E-state index in [0.29, 0.717) is 48.5 Å². The number of carbonyl (C=O) groups excluding carboxylic acids is 1. The van der Waals surface area contributed by atoms with E-state index in [9.17, 15) is 10.1 Å². The van der Waals surface area contributed by atoms with Gasteiger partial charge in [0.25, 0.3) is 0 Å². The Bertz CT molecular complexity index is 1140. The molecule has 1 aromatic heterocycles. The van der Waals surface area contributed by atoms with Crippen LogP contribution in [0, 0.1) is 11.3 Å². The lowest BCUT2D eigenvalue weighted by atomic mass is 10.1. The van der Waals surface area contributed by atoms with Crippen molar-refractivity contribution in [3.05, 3.63) is 39.5 Å². The van der Waals surface area contributed by atoms with Crippen molar-refractivity contribution in [1.82, 2.24) is 20.2 Å². The fourth-order valence-electron chi connectivity index (χ4n) is 4.66. The molecular weight excluding hydrogens is 499 g/mol. The SMILES string of the molecule is CN(C)C(=O)CCNc1nc2c(c(N3CCNC(CC#N)C3)n1)CCCN(c1cccc(Cl)c1Cl)C2. The summed E-state index contributed by atoms with van der Waals surface area (Å²) in [5.41, 5.74) is 2.95. The molecule has 1 saturated heterocycles. The topological polar surface area (TPSA) is 100 Å². The predicted octanol–water partition coefficient (Wildman–Crippen LogP) is 3.32. The van der Waals surface area contributed by atoms with Gasteiger partial charge < -0.3 is 25.3 Å². The van der Waals surface area contributed by atoms with Crippen LogP contribution in [0.1, 0.15) is 30.5 Å². The summed E-state index contributed by atoms with van der Waals surface area (Å²) in [6.45, 7) is 4.12. The molecule has 1 fully saturated rings. The Kier molecular flexibility index (Phi) is 8.72. The lowest BCUT2D eigenvalue weighted by Gasteiger charge is -2.35. The molecule has 1 aromatic carbocycles. The molecule has 0 aliphatic carbocycles. The number of aromatic nitrogens is 2. The maximum atomic E-state index is 12.1. The Hall–Kier alpha value is -2.80. The smallest absolute Gasteiger partial charge is 0.224 e. The van der Waals surface area contributed by atoms with E-state index in [1.807, 2.05) is 12.1 Å². The third-order valence-corrected chi connectivity index (χ3v) is 7.36. The zero-order valence-corrected chi connectivity index (χ0v) is 22.2. The van der Waals surface area contributed by atoms with Gasteiger partial charge in [-0.1, -0.05) is 29.3 Å². The number of nitriles is 1. The molecule has 3 heterocycles. The highest BCUT2D eigenvalue weighted by Gasteiger charge is 2.28. The third-order valence-electron chi connectivity index (χ3n) is 6.55. The van der Waals surface area contributed by atoms with Gasteiger partial charge in [-0.2, -0.15) is 10.2 Å². The molecule has 1 amide bonds. The summed E-state index contributed by atoms with van der Waals surface area (Å²) in [4.78, 5) is 27.9. The maximum absolute atomic E-state index is 12.1. The quantitative estimate of drug-likeness (QED) is 0.562. The number of anilines is 3. The first-order valence-corrected chi connectivity index (χ1v) is 13.0. The van der Waals surface area contributed by atoms with Crippen LogP contribution < -0.4 is 20.4 Å². The van der Waals surface area contributed by atoms with Crippen LogP contribution in [0.3, 0.4) is 0 Å². The number of piperazine rings is 1. The van der Waals surface area contributed by atoms with Crippen LogP contribution in [0.25, 0.3) is 0 Å². The van der Waals surface area contributed by atoms with E-state index in [-0.39, 0.29) is 11.9 Å². The Morgan fingerprint density at radius 3 is 2.89 bits per heavy atom. The number of amides is 1. The average molecular weight is 531 g/mol. The van der Waals surface area contributed by atoms with Crippen molar-refractivity contribution in [3.8, 4) is 6.07 Å². The highest BCUT2D eigenvalue weighted by molar-refractivity contribution is 6.43. The lowest BCUT2D eigenvalue weighted by Crippen LogP contribution is -2.51. The number of carbonyl (C=O) groups is 1. The number of halogens is 2. The Balaban J connectivity index is 1.66. The van der Waals surface area contributed by atoms with Gasteiger partial charge in [0.15, 0.2) is 0 Å². The van der Waals surface area contributed by atoms with Crippen LogP contribution in [0.5, 0.6) is 0 Å². The van der Waals surface area contributed by atoms with Crippen LogP contribution in [0.4, 0.5) is 17.5 Å². The number of benzene rings is 1. The minimum atomic E-state index is 0.0423. The largest absolute Gasteiger partial charge is 0.364 e. The van der Waals surface area contributed by atoms with Crippen LogP contribution in [-0.2, 0) is 17.8 Å². The molecule has 2 aliphatic rings. The molecule has 2 N–H and O–H groups in total. The van der Waals surface area contributed by atoms with Crippen molar-refractivity contribution in [2.24, 2.45) is 0 Å². The van der Waals surface area contributed by atoms with Crippen molar-refractivity contribution in [1.29, 1.82) is 5.26 Å². The molecule has 2 aliphatic heterocycles. The van der Waals surface area contributed by atoms with Crippen molar-refractivity contribution in [2.45, 2.75) is 38.3 Å². The lowest BCUT2D eigenvalue weighted by molar-refractivity contribution is -0.128. The summed E-state index contributed by atoms with van der Waals surface area (Å²) in [6, 6.07) is 8.05. The van der Waals surface area contributed by atoms with E-state index in [4.69, 9.17) is 33.2 Å². The number of hydrogen-bond donors (Lipinski definition) is 2. The van der Waals surface area contributed by atoms with E-state index in [1.54, 1.807) is 25.1 Å². The molecule has 1 atom stereocenters. The number of nitrogens with one attached hydrogen (secondary N) is 2. The normalized spacial score (nSPS) is 17.7. The molecule has 192 valence electrons. The Labute approximate surface area is 222 Å². The molecule has 0 radical (unpaired) electrons. The van der Waals surface area contributed by atoms with Crippen molar-refractivity contribution in [3.63, 3.8) is 0 Å². The molecule has 36 heavy (non-hydrogen) atoms. The number of fused-ring (bicyclic) bond motifs is 1. The second kappa shape index (κ2) is 12.0. The molecular formula is C25H32Cl2N8O. The summed E-state index contributed by atoms with van der Waals surface area (Å²) >= 11 is 12.9. The summed E-state index contributed by atoms with van der Waals surface area (Å²) in [5.74, 6) is 1.45. The molecule has 0 spiro atoms. The van der Waals surface area contributed by atoms with Gasteiger partial charge in [-0.3, -0.25) is 4.79 Å². The zero-order valence-electron chi connectivity index (χ0n) is 20.7. The van der Waals surface area contributed by atoms with Crippen LogP contribution in [0.2, 0.25) is 10.0 Å². The van der Waals surface area contributed by atoms with Gasteiger partial charge in [0.2, 0.25) is 11.9 Å². The summed E-state index contributed by atoms with van der Waals surface area (Å²) < 4.78 is 0. The summed E-state index contributed by atoms with van der Waals surface area (Å²) in [6.07, 6.45) is 2.56. The fraction of sp³-hybridized carbons (Fsp3) is 0.520. The van der Waals surface area contributed by atoms with Crippen LogP contribution >= 0.6 is 23.2 Å². The van der Waals surface area contributed by atoms with Crippen LogP contribution in [-0.4, -0.2) is 73.6 Å². The second-order valence-electron chi connectivity index (χ2n) is 9.32. The van der Waals surface area contributed by atoms with Gasteiger partial charge in [0, 0.05) is 64.8 Å². The highest BCUT2D eigenvalue weighted by atomic mass is 35.5. The average Bonchev–Trinajstić information content (AvgIpc) is 3.08. The van der Waals surface area contributed by atoms with Gasteiger partial charge in [-0.15, -0.1) is 0 Å². The van der Waals surface area contributed by atoms with E-state index in [1.165, 1.54) is 0 Å². The number of rotatable bonds is 7. The molecule has 1 unspecified atom stereocenters. The molecule has 9 nitrogen and oxygen atoms in total. The van der Waals surface area contributed by atoms with Gasteiger partial charge in [0.1, 0.15) is 5.82 Å². The van der Waals surface area contributed by atoms with Gasteiger partial charge >= 0.3 is 0 Å². The fourth-order valence-corrected chi connectivity index (χ4v) is 5.08. The summed E-state index contributed by atoms with van der Waals surface area (Å²) in [7, 11) is 3.49. The van der Waals surface area contributed by atoms with Gasteiger partial charge in [-0.25, -0.2) is 4.98 Å². The highest BCUT2D eigenvalue weighted by Crippen LogP contribution is 2.36. The van der Waals surface area contributed by atoms with E-state index >= 15 is 0 Å². The second-order valence-corrected chi connectivity index (χ2v) is 10.1. The first kappa shape index (κ1) is 26.3. The standard InChI is InChI=1S/C25H32Cl2N8O/c1-33(2)22(36)9-11-30-25-31-20-16-34(21-7-3-6-19(26)23(21)27)13-4-5-18(20)24(32-25)35-14-12-29-17(15-35)8-10-28/h3,6-7,17,29H,4-5,8-9,11-16H2,1-2H3,(H,30,31,32). The van der Waals surface area contributed by atoms with Crippen molar-refractivity contribution < 1.29 is 4.79 Å². The predicted molar refractivity (Wildman–Crippen MR) is 144 cm³/mol. The van der Waals surface area contributed by atoms with E-state index in [2.05, 4.69) is 26.5 Å². The first-order valence-electron chi connectivity index (χ1n) is 12.3. The maximum Gasteiger partial charge on any atom is 0.224 e. The number of hydrogen-bond acceptors (Lipinski definition) is 8. The molecule has 2 aromatic rings. The van der Waals surface area contributed by atoms with Gasteiger partial charge in [-0.05, 0) is 25.0 Å². The molecule has 0 saturated carbocycles. The van der Waals surface area contributed by atoms with E-state index < -0.39 is 0 Å². The van der Waals surface area contributed by atoms with Crippen molar-refractivity contribution in [2.75, 3.05) is 61.9 Å². The molecule has 0 bridgehead atoms. The first-order chi connectivity index (χ1) is 17.4. The third kappa shape index (κ3) is 6.12. The Morgan fingerprint density at radius 2 is 2.11 bits per heavy atom. The Morgan fingerprint density at radius 1 is 1.28 bits per heavy atom. The minimum Gasteiger partial charge on any atom is -0.364 e. The van der Waals surface area contributed by atoms with Crippen LogP contribution in [0.15, 0.2) is 18.2 Å². The zero-order chi connectivity index (χ0) is 25.7. The monoisotopic (exact) mass is 530 g/mol. The molecule has 11 heteroatoms. The summed E-state index contributed by atoms with van der Waals surface area (Å²) in [5, 5.41) is 17.0. The minimum absolute atomic E-state index is 0.0423. The van der Waals surface area contributed by atoms with E-state index in [0.717, 1.165) is 55.2 Å². The number of nitrogens with zero attached hydrogens (tertiary/aromatic N) is 6. The van der Waals surface area contributed by atoms with Crippen molar-refractivity contribution >= 4 is 46.6 Å². The molecule has 4 rings (SSSR count). The van der Waals surface area contributed by atoms with Gasteiger partial charge in [0.05, 0.1) is 40.5 Å².